The largest absolute Gasteiger partial charge is 0.332 e. The molecule has 3 nitrogen and oxygen atoms in total. The minimum Gasteiger partial charge on any atom is -0.332 e. The molecule has 0 fully saturated rings. The van der Waals surface area contributed by atoms with E-state index in [2.05, 4.69) is 30.5 Å². The first-order valence-corrected chi connectivity index (χ1v) is 8.68. The van der Waals surface area contributed by atoms with Gasteiger partial charge in [0.05, 0.1) is 10.6 Å². The summed E-state index contributed by atoms with van der Waals surface area (Å²) in [6.07, 6.45) is 1.02. The molecule has 1 atom stereocenters. The molecule has 1 amide bonds. The number of rotatable bonds is 4. The van der Waals surface area contributed by atoms with E-state index in [1.165, 1.54) is 5.56 Å². The van der Waals surface area contributed by atoms with Crippen LogP contribution in [0.3, 0.4) is 0 Å². The number of hydrogen-bond donors (Lipinski definition) is 2. The second-order valence-corrected chi connectivity index (χ2v) is 6.60. The molecule has 0 spiro atoms. The minimum absolute atomic E-state index is 0.257. The van der Waals surface area contributed by atoms with Crippen LogP contribution in [0, 0.1) is 6.92 Å². The van der Waals surface area contributed by atoms with Crippen molar-refractivity contribution in [1.82, 2.24) is 5.32 Å². The van der Waals surface area contributed by atoms with Crippen molar-refractivity contribution in [1.29, 1.82) is 0 Å². The summed E-state index contributed by atoms with van der Waals surface area (Å²) in [5.41, 5.74) is 3.48. The molecule has 0 bridgehead atoms. The molecule has 0 aliphatic rings. The molecule has 0 radical (unpaired) electrons. The lowest BCUT2D eigenvalue weighted by atomic mass is 9.97. The molecule has 2 aromatic carbocycles. The highest BCUT2D eigenvalue weighted by atomic mass is 35.5. The maximum absolute atomic E-state index is 12.3. The number of carbonyl (C=O) groups is 1. The molecular formula is C19H21ClN2OS. The normalized spacial score (nSPS) is 11.7. The number of carbonyl (C=O) groups excluding carboxylic acids is 1. The van der Waals surface area contributed by atoms with Crippen LogP contribution in [-0.4, -0.2) is 11.0 Å². The predicted octanol–water partition coefficient (Wildman–Crippen LogP) is 5.29. The van der Waals surface area contributed by atoms with Gasteiger partial charge in [-0.2, -0.15) is 0 Å². The summed E-state index contributed by atoms with van der Waals surface area (Å²) < 4.78 is 0. The molecule has 2 aromatic rings. The summed E-state index contributed by atoms with van der Waals surface area (Å²) in [6.45, 7) is 6.22. The van der Waals surface area contributed by atoms with Crippen LogP contribution in [0.25, 0.3) is 0 Å². The van der Waals surface area contributed by atoms with Crippen LogP contribution in [0.2, 0.25) is 5.02 Å². The molecule has 126 valence electrons. The number of aryl methyl sites for hydroxylation is 1. The standard InChI is InChI=1S/C19H21ClN2OS/c1-4-13(3)14-7-5-6-8-17(14)21-19(24)22-18(23)15-10-9-12(2)11-16(15)20/h5-11,13H,4H2,1-3H3,(H2,21,22,23,24). The average molecular weight is 361 g/mol. The van der Waals surface area contributed by atoms with Gasteiger partial charge in [-0.15, -0.1) is 0 Å². The fraction of sp³-hybridized carbons (Fsp3) is 0.263. The van der Waals surface area contributed by atoms with Crippen LogP contribution < -0.4 is 10.6 Å². The molecule has 0 aliphatic heterocycles. The van der Waals surface area contributed by atoms with Gasteiger partial charge in [-0.25, -0.2) is 0 Å². The molecule has 2 N–H and O–H groups in total. The maximum atomic E-state index is 12.3. The Labute approximate surface area is 153 Å². The molecule has 0 heterocycles. The van der Waals surface area contributed by atoms with Crippen LogP contribution in [0.1, 0.15) is 47.7 Å². The zero-order valence-corrected chi connectivity index (χ0v) is 15.6. The fourth-order valence-electron chi connectivity index (χ4n) is 2.39. The molecule has 0 saturated heterocycles. The molecule has 2 rings (SSSR count). The maximum Gasteiger partial charge on any atom is 0.258 e. The minimum atomic E-state index is -0.321. The highest BCUT2D eigenvalue weighted by molar-refractivity contribution is 7.80. The van der Waals surface area contributed by atoms with E-state index < -0.39 is 0 Å². The van der Waals surface area contributed by atoms with E-state index in [0.29, 0.717) is 16.5 Å². The summed E-state index contributed by atoms with van der Waals surface area (Å²) >= 11 is 11.4. The van der Waals surface area contributed by atoms with Crippen molar-refractivity contribution in [2.75, 3.05) is 5.32 Å². The molecule has 5 heteroatoms. The Kier molecular flexibility index (Phi) is 6.35. The number of benzene rings is 2. The van der Waals surface area contributed by atoms with E-state index in [-0.39, 0.29) is 11.0 Å². The van der Waals surface area contributed by atoms with Crippen molar-refractivity contribution in [3.05, 3.63) is 64.2 Å². The van der Waals surface area contributed by atoms with Gasteiger partial charge >= 0.3 is 0 Å². The zero-order chi connectivity index (χ0) is 17.7. The third-order valence-corrected chi connectivity index (χ3v) is 4.47. The van der Waals surface area contributed by atoms with Gasteiger partial charge in [0, 0.05) is 5.69 Å². The van der Waals surface area contributed by atoms with Crippen molar-refractivity contribution in [3.63, 3.8) is 0 Å². The number of halogens is 1. The molecule has 0 aliphatic carbocycles. The van der Waals surface area contributed by atoms with Crippen LogP contribution in [0.4, 0.5) is 5.69 Å². The van der Waals surface area contributed by atoms with Crippen molar-refractivity contribution in [2.45, 2.75) is 33.1 Å². The first-order chi connectivity index (χ1) is 11.4. The summed E-state index contributed by atoms with van der Waals surface area (Å²) in [5.74, 6) is 0.0808. The summed E-state index contributed by atoms with van der Waals surface area (Å²) in [7, 11) is 0. The van der Waals surface area contributed by atoms with E-state index in [9.17, 15) is 4.79 Å². The number of thiocarbonyl (C=S) groups is 1. The van der Waals surface area contributed by atoms with Crippen molar-refractivity contribution in [2.24, 2.45) is 0 Å². The van der Waals surface area contributed by atoms with E-state index in [1.807, 2.05) is 31.2 Å². The van der Waals surface area contributed by atoms with Crippen LogP contribution in [-0.2, 0) is 0 Å². The Hall–Kier alpha value is -1.91. The van der Waals surface area contributed by atoms with Gasteiger partial charge in [-0.1, -0.05) is 49.7 Å². The average Bonchev–Trinajstić information content (AvgIpc) is 2.54. The van der Waals surface area contributed by atoms with Gasteiger partial charge in [0.1, 0.15) is 0 Å². The van der Waals surface area contributed by atoms with E-state index in [1.54, 1.807) is 12.1 Å². The lowest BCUT2D eigenvalue weighted by molar-refractivity contribution is 0.0978. The van der Waals surface area contributed by atoms with Crippen molar-refractivity contribution in [3.8, 4) is 0 Å². The smallest absolute Gasteiger partial charge is 0.258 e. The second-order valence-electron chi connectivity index (χ2n) is 5.79. The lowest BCUT2D eigenvalue weighted by Gasteiger charge is -2.17. The number of hydrogen-bond acceptors (Lipinski definition) is 2. The van der Waals surface area contributed by atoms with Crippen LogP contribution >= 0.6 is 23.8 Å². The first-order valence-electron chi connectivity index (χ1n) is 7.89. The van der Waals surface area contributed by atoms with Crippen LogP contribution in [0.15, 0.2) is 42.5 Å². The van der Waals surface area contributed by atoms with Gasteiger partial charge in [0.25, 0.3) is 5.91 Å². The number of anilines is 1. The van der Waals surface area contributed by atoms with Crippen molar-refractivity contribution < 1.29 is 4.79 Å². The number of amides is 1. The fourth-order valence-corrected chi connectivity index (χ4v) is 2.91. The topological polar surface area (TPSA) is 41.1 Å². The molecule has 0 saturated carbocycles. The zero-order valence-electron chi connectivity index (χ0n) is 14.0. The lowest BCUT2D eigenvalue weighted by Crippen LogP contribution is -2.34. The Morgan fingerprint density at radius 2 is 1.96 bits per heavy atom. The van der Waals surface area contributed by atoms with Gasteiger partial charge in [0.15, 0.2) is 5.11 Å². The second kappa shape index (κ2) is 8.27. The van der Waals surface area contributed by atoms with Gasteiger partial charge < -0.3 is 5.32 Å². The third kappa shape index (κ3) is 4.56. The first kappa shape index (κ1) is 18.4. The number of nitrogens with one attached hydrogen (secondary N) is 2. The summed E-state index contributed by atoms with van der Waals surface area (Å²) in [6, 6.07) is 13.3. The Morgan fingerprint density at radius 1 is 1.25 bits per heavy atom. The molecular weight excluding hydrogens is 340 g/mol. The molecule has 24 heavy (non-hydrogen) atoms. The van der Waals surface area contributed by atoms with Gasteiger partial charge in [-0.05, 0) is 60.8 Å². The van der Waals surface area contributed by atoms with Gasteiger partial charge in [0.2, 0.25) is 0 Å². The highest BCUT2D eigenvalue weighted by Crippen LogP contribution is 2.26. The van der Waals surface area contributed by atoms with Gasteiger partial charge in [-0.3, -0.25) is 10.1 Å². The summed E-state index contributed by atoms with van der Waals surface area (Å²) in [4.78, 5) is 12.3. The third-order valence-electron chi connectivity index (χ3n) is 3.95. The summed E-state index contributed by atoms with van der Waals surface area (Å²) in [5, 5.41) is 6.47. The highest BCUT2D eigenvalue weighted by Gasteiger charge is 2.14. The SMILES string of the molecule is CCC(C)c1ccccc1NC(=S)NC(=O)c1ccc(C)cc1Cl. The van der Waals surface area contributed by atoms with E-state index in [4.69, 9.17) is 23.8 Å². The van der Waals surface area contributed by atoms with E-state index >= 15 is 0 Å². The quantitative estimate of drug-likeness (QED) is 0.728. The monoisotopic (exact) mass is 360 g/mol. The Morgan fingerprint density at radius 3 is 2.62 bits per heavy atom. The predicted molar refractivity (Wildman–Crippen MR) is 105 cm³/mol. The Bertz CT molecular complexity index is 761. The molecule has 1 unspecified atom stereocenters. The van der Waals surface area contributed by atoms with E-state index in [0.717, 1.165) is 17.7 Å². The van der Waals surface area contributed by atoms with Crippen LogP contribution in [0.5, 0.6) is 0 Å². The Balaban J connectivity index is 2.10. The van der Waals surface area contributed by atoms with Crippen molar-refractivity contribution >= 4 is 40.5 Å². The molecule has 0 aromatic heterocycles. The number of para-hydroxylation sites is 1.